The summed E-state index contributed by atoms with van der Waals surface area (Å²) in [7, 11) is 0. The SMILES string of the molecule is [2H]c1[nH]c2nc(=O)c3nc([2H])n([C@H]4C[C@H](O)[C@@H](CO)O4)c3n2c1[2H]. The van der Waals surface area contributed by atoms with Gasteiger partial charge >= 0.3 is 5.56 Å². The molecule has 3 aromatic heterocycles. The molecule has 0 unspecified atom stereocenters. The number of aromatic nitrogens is 5. The molecule has 3 aromatic rings. The number of rotatable bonds is 2. The zero-order valence-electron chi connectivity index (χ0n) is 13.6. The molecule has 0 radical (unpaired) electrons. The van der Waals surface area contributed by atoms with Crippen LogP contribution in [0.3, 0.4) is 0 Å². The molecule has 21 heavy (non-hydrogen) atoms. The largest absolute Gasteiger partial charge is 0.394 e. The third kappa shape index (κ3) is 1.71. The van der Waals surface area contributed by atoms with E-state index in [2.05, 4.69) is 15.0 Å². The second kappa shape index (κ2) is 4.38. The lowest BCUT2D eigenvalue weighted by Gasteiger charge is -2.14. The van der Waals surface area contributed by atoms with Crippen LogP contribution in [0.4, 0.5) is 0 Å². The predicted molar refractivity (Wildman–Crippen MR) is 70.7 cm³/mol. The lowest BCUT2D eigenvalue weighted by atomic mass is 10.2. The number of hydrogen-bond acceptors (Lipinski definition) is 6. The summed E-state index contributed by atoms with van der Waals surface area (Å²) in [6, 6.07) is 0. The van der Waals surface area contributed by atoms with Crippen LogP contribution < -0.4 is 5.56 Å². The molecule has 0 aromatic carbocycles. The molecule has 0 aliphatic carbocycles. The highest BCUT2D eigenvalue weighted by Gasteiger charge is 2.35. The summed E-state index contributed by atoms with van der Waals surface area (Å²) in [5, 5.41) is 19.1. The molecule has 4 rings (SSSR count). The Labute approximate surface area is 121 Å². The molecule has 0 saturated carbocycles. The van der Waals surface area contributed by atoms with E-state index in [4.69, 9.17) is 8.85 Å². The number of aliphatic hydroxyl groups is 2. The number of aromatic amines is 1. The molecule has 1 aliphatic rings. The predicted octanol–water partition coefficient (Wildman–Crippen LogP) is -0.987. The minimum Gasteiger partial charge on any atom is -0.394 e. The fourth-order valence-corrected chi connectivity index (χ4v) is 2.54. The van der Waals surface area contributed by atoms with Crippen LogP contribution in [0.25, 0.3) is 16.9 Å². The standard InChI is InChI=1S/C12H13N5O4/c18-4-7-6(19)3-8(21-7)17-5-14-9-10(20)15-12-13-1-2-16(12)11(9)17/h1-2,5-8,18-19H,3-4H2,(H,13,15,20)/t6-,7+,8+/m0/s1/i1D,2D,5D. The monoisotopic (exact) mass is 294 g/mol. The smallest absolute Gasteiger partial charge is 0.302 e. The van der Waals surface area contributed by atoms with Crippen molar-refractivity contribution in [2.24, 2.45) is 0 Å². The summed E-state index contributed by atoms with van der Waals surface area (Å²) in [6.07, 6.45) is -3.28. The van der Waals surface area contributed by atoms with Crippen molar-refractivity contribution in [1.29, 1.82) is 0 Å². The Hall–Kier alpha value is -2.23. The van der Waals surface area contributed by atoms with Gasteiger partial charge in [0.1, 0.15) is 13.7 Å². The highest BCUT2D eigenvalue weighted by Crippen LogP contribution is 2.30. The Morgan fingerprint density at radius 2 is 2.48 bits per heavy atom. The first-order valence-corrected chi connectivity index (χ1v) is 6.33. The van der Waals surface area contributed by atoms with Gasteiger partial charge in [-0.05, 0) is 0 Å². The number of aliphatic hydroxyl groups excluding tert-OH is 2. The average Bonchev–Trinajstić information content (AvgIpc) is 3.14. The van der Waals surface area contributed by atoms with Crippen molar-refractivity contribution in [2.75, 3.05) is 6.61 Å². The Kier molecular flexibility index (Phi) is 2.02. The van der Waals surface area contributed by atoms with E-state index in [0.717, 1.165) is 0 Å². The van der Waals surface area contributed by atoms with E-state index in [1.54, 1.807) is 0 Å². The van der Waals surface area contributed by atoms with Crippen LogP contribution in [0.5, 0.6) is 0 Å². The molecule has 1 fully saturated rings. The maximum absolute atomic E-state index is 12.1. The van der Waals surface area contributed by atoms with Gasteiger partial charge in [-0.3, -0.25) is 13.8 Å². The number of hydrogen-bond donors (Lipinski definition) is 3. The summed E-state index contributed by atoms with van der Waals surface area (Å²) < 4.78 is 31.7. The van der Waals surface area contributed by atoms with Gasteiger partial charge in [0.25, 0.3) is 0 Å². The molecule has 9 nitrogen and oxygen atoms in total. The van der Waals surface area contributed by atoms with Gasteiger partial charge in [-0.15, -0.1) is 0 Å². The van der Waals surface area contributed by atoms with Crippen molar-refractivity contribution in [3.63, 3.8) is 0 Å². The van der Waals surface area contributed by atoms with Crippen LogP contribution in [-0.4, -0.2) is 52.9 Å². The number of ether oxygens (including phenoxy) is 1. The molecule has 0 amide bonds. The van der Waals surface area contributed by atoms with Crippen molar-refractivity contribution in [3.8, 4) is 0 Å². The molecule has 4 heterocycles. The molecule has 110 valence electrons. The molecule has 3 atom stereocenters. The van der Waals surface area contributed by atoms with E-state index < -0.39 is 24.0 Å². The summed E-state index contributed by atoms with van der Waals surface area (Å²) in [5.41, 5.74) is -0.739. The van der Waals surface area contributed by atoms with Gasteiger partial charge in [0.2, 0.25) is 5.78 Å². The molecule has 9 heteroatoms. The summed E-state index contributed by atoms with van der Waals surface area (Å²) in [6.45, 7) is -0.390. The Bertz CT molecular complexity index is 1010. The maximum atomic E-state index is 12.1. The lowest BCUT2D eigenvalue weighted by Crippen LogP contribution is -2.24. The van der Waals surface area contributed by atoms with E-state index in [-0.39, 0.29) is 48.6 Å². The van der Waals surface area contributed by atoms with Gasteiger partial charge < -0.3 is 19.9 Å². The first-order chi connectivity index (χ1) is 11.4. The van der Waals surface area contributed by atoms with Gasteiger partial charge in [-0.25, -0.2) is 4.98 Å². The fraction of sp³-hybridized carbons (Fsp3) is 0.417. The van der Waals surface area contributed by atoms with Gasteiger partial charge in [0.15, 0.2) is 11.2 Å². The van der Waals surface area contributed by atoms with Crippen LogP contribution in [-0.2, 0) is 4.74 Å². The van der Waals surface area contributed by atoms with Crippen molar-refractivity contribution in [2.45, 2.75) is 24.9 Å². The first kappa shape index (κ1) is 9.66. The number of nitrogens with zero attached hydrogens (tertiary/aromatic N) is 4. The topological polar surface area (TPSA) is 118 Å². The third-order valence-electron chi connectivity index (χ3n) is 3.56. The maximum Gasteiger partial charge on any atom is 0.302 e. The Balaban J connectivity index is 2.04. The van der Waals surface area contributed by atoms with Gasteiger partial charge in [0.05, 0.1) is 21.8 Å². The summed E-state index contributed by atoms with van der Waals surface area (Å²) in [4.78, 5) is 22.3. The second-order valence-electron chi connectivity index (χ2n) is 4.81. The highest BCUT2D eigenvalue weighted by molar-refractivity contribution is 5.72. The zero-order valence-corrected chi connectivity index (χ0v) is 10.6. The van der Waals surface area contributed by atoms with Crippen LogP contribution in [0.15, 0.2) is 23.4 Å². The van der Waals surface area contributed by atoms with Crippen molar-refractivity contribution >= 4 is 16.9 Å². The van der Waals surface area contributed by atoms with E-state index >= 15 is 0 Å². The van der Waals surface area contributed by atoms with Crippen LogP contribution >= 0.6 is 0 Å². The average molecular weight is 294 g/mol. The quantitative estimate of drug-likeness (QED) is 0.559. The second-order valence-corrected chi connectivity index (χ2v) is 4.81. The molecule has 3 N–H and O–H groups in total. The number of nitrogens with one attached hydrogen (secondary N) is 1. The van der Waals surface area contributed by atoms with Gasteiger partial charge in [-0.1, -0.05) is 0 Å². The minimum atomic E-state index is -0.931. The lowest BCUT2D eigenvalue weighted by molar-refractivity contribution is -0.0432. The molecule has 0 bridgehead atoms. The Morgan fingerprint density at radius 3 is 3.24 bits per heavy atom. The molecule has 1 saturated heterocycles. The molecule has 1 aliphatic heterocycles. The normalized spacial score (nSPS) is 28.1. The van der Waals surface area contributed by atoms with Gasteiger partial charge in [0, 0.05) is 18.8 Å². The summed E-state index contributed by atoms with van der Waals surface area (Å²) in [5.74, 6) is -0.0131. The minimum absolute atomic E-state index is 0.0131. The van der Waals surface area contributed by atoms with Crippen molar-refractivity contribution in [3.05, 3.63) is 29.0 Å². The zero-order chi connectivity index (χ0) is 17.2. The van der Waals surface area contributed by atoms with Crippen LogP contribution in [0.1, 0.15) is 16.8 Å². The van der Waals surface area contributed by atoms with E-state index in [0.29, 0.717) is 0 Å². The van der Waals surface area contributed by atoms with Gasteiger partial charge in [-0.2, -0.15) is 4.98 Å². The third-order valence-corrected chi connectivity index (χ3v) is 3.56. The highest BCUT2D eigenvalue weighted by atomic mass is 16.5. The first-order valence-electron chi connectivity index (χ1n) is 7.83. The number of imidazole rings is 2. The molecular formula is C12H13N5O4. The van der Waals surface area contributed by atoms with Crippen LogP contribution in [0, 0.1) is 0 Å². The van der Waals surface area contributed by atoms with E-state index in [9.17, 15) is 15.0 Å². The van der Waals surface area contributed by atoms with Crippen molar-refractivity contribution < 1.29 is 19.1 Å². The fourth-order valence-electron chi connectivity index (χ4n) is 2.54. The van der Waals surface area contributed by atoms with Crippen LogP contribution in [0.2, 0.25) is 0 Å². The number of H-pyrrole nitrogens is 1. The molecular weight excluding hydrogens is 278 g/mol. The molecule has 0 spiro atoms. The van der Waals surface area contributed by atoms with Crippen molar-refractivity contribution in [1.82, 2.24) is 23.9 Å². The van der Waals surface area contributed by atoms with E-state index in [1.165, 1.54) is 8.97 Å². The Morgan fingerprint density at radius 1 is 1.62 bits per heavy atom. The summed E-state index contributed by atoms with van der Waals surface area (Å²) >= 11 is 0. The van der Waals surface area contributed by atoms with E-state index in [1.807, 2.05) is 0 Å². The number of fused-ring (bicyclic) bond motifs is 3.